The van der Waals surface area contributed by atoms with Gasteiger partial charge in [-0.1, -0.05) is 5.92 Å². The van der Waals surface area contributed by atoms with Crippen LogP contribution in [0.3, 0.4) is 0 Å². The quantitative estimate of drug-likeness (QED) is 0.671. The van der Waals surface area contributed by atoms with Crippen molar-refractivity contribution in [3.8, 4) is 11.8 Å². The number of nitrogens with zero attached hydrogens (tertiary/aromatic N) is 4. The zero-order chi connectivity index (χ0) is 17.8. The van der Waals surface area contributed by atoms with Crippen LogP contribution < -0.4 is 11.2 Å². The van der Waals surface area contributed by atoms with E-state index in [1.807, 2.05) is 6.92 Å². The van der Waals surface area contributed by atoms with E-state index in [2.05, 4.69) is 21.8 Å². The van der Waals surface area contributed by atoms with Gasteiger partial charge in [0.15, 0.2) is 11.1 Å². The third kappa shape index (κ3) is 3.18. The summed E-state index contributed by atoms with van der Waals surface area (Å²) in [6.07, 6.45) is 7.04. The number of aliphatic hydroxyl groups is 1. The Morgan fingerprint density at radius 2 is 2.24 bits per heavy atom. The molecule has 3 aromatic rings. The van der Waals surface area contributed by atoms with Crippen molar-refractivity contribution in [3.63, 3.8) is 0 Å². The third-order valence-electron chi connectivity index (χ3n) is 3.83. The lowest BCUT2D eigenvalue weighted by atomic mass is 10.1. The summed E-state index contributed by atoms with van der Waals surface area (Å²) in [4.78, 5) is 21.4. The number of rotatable bonds is 4. The van der Waals surface area contributed by atoms with E-state index in [4.69, 9.17) is 5.73 Å². The lowest BCUT2D eigenvalue weighted by Gasteiger charge is -2.16. The van der Waals surface area contributed by atoms with Crippen molar-refractivity contribution in [1.29, 1.82) is 0 Å². The van der Waals surface area contributed by atoms with Crippen LogP contribution in [0, 0.1) is 17.8 Å². The van der Waals surface area contributed by atoms with Crippen LogP contribution in [0.2, 0.25) is 0 Å². The smallest absolute Gasteiger partial charge is 0.195 e. The molecule has 128 valence electrons. The predicted octanol–water partition coefficient (Wildman–Crippen LogP) is 0.385. The van der Waals surface area contributed by atoms with E-state index in [0.717, 1.165) is 0 Å². The first-order valence-electron chi connectivity index (χ1n) is 8.01. The maximum Gasteiger partial charge on any atom is 0.195 e. The minimum Gasteiger partial charge on any atom is -0.395 e. The van der Waals surface area contributed by atoms with Gasteiger partial charge in [0.1, 0.15) is 12.0 Å². The first-order chi connectivity index (χ1) is 12.2. The summed E-state index contributed by atoms with van der Waals surface area (Å²) in [6.45, 7) is 2.09. The van der Waals surface area contributed by atoms with Crippen LogP contribution in [0.1, 0.15) is 18.2 Å². The molecule has 3 aromatic heterocycles. The fraction of sp³-hybridized carbons (Fsp3) is 0.278. The Hall–Kier alpha value is -2.95. The van der Waals surface area contributed by atoms with Gasteiger partial charge >= 0.3 is 0 Å². The summed E-state index contributed by atoms with van der Waals surface area (Å²) < 4.78 is 3.48. The van der Waals surface area contributed by atoms with Gasteiger partial charge < -0.3 is 10.8 Å². The van der Waals surface area contributed by atoms with E-state index in [9.17, 15) is 9.90 Å². The van der Waals surface area contributed by atoms with Crippen LogP contribution in [-0.2, 0) is 6.42 Å². The Morgan fingerprint density at radius 1 is 1.40 bits per heavy atom. The second-order valence-corrected chi connectivity index (χ2v) is 5.68. The maximum absolute atomic E-state index is 12.9. The third-order valence-corrected chi connectivity index (χ3v) is 3.83. The summed E-state index contributed by atoms with van der Waals surface area (Å²) in [5.41, 5.74) is 7.15. The van der Waals surface area contributed by atoms with Gasteiger partial charge in [0.2, 0.25) is 0 Å². The average molecular weight is 337 g/mol. The highest BCUT2D eigenvalue weighted by molar-refractivity contribution is 5.77. The lowest BCUT2D eigenvalue weighted by Crippen LogP contribution is -2.25. The number of nitrogens with two attached hydrogens (primary N) is 1. The summed E-state index contributed by atoms with van der Waals surface area (Å²) >= 11 is 0. The van der Waals surface area contributed by atoms with E-state index in [1.165, 1.54) is 0 Å². The molecule has 0 aliphatic carbocycles. The standard InChI is InChI=1S/C18H19N5O2/c1-13(11-24)4-5-16-14(6-7-19)17(25)15-3-2-8-21-18(15)23(16)22-10-9-20-12-22/h2-3,8-10,12-13,24H,6-7,11,19H2,1H3. The first-order valence-corrected chi connectivity index (χ1v) is 8.01. The van der Waals surface area contributed by atoms with Crippen LogP contribution >= 0.6 is 0 Å². The largest absolute Gasteiger partial charge is 0.395 e. The number of pyridine rings is 2. The molecule has 0 amide bonds. The second kappa shape index (κ2) is 7.30. The van der Waals surface area contributed by atoms with E-state index in [1.54, 1.807) is 46.4 Å². The molecule has 0 spiro atoms. The lowest BCUT2D eigenvalue weighted by molar-refractivity contribution is 0.266. The molecule has 0 fully saturated rings. The Balaban J connectivity index is 2.43. The topological polar surface area (TPSA) is 99.0 Å². The van der Waals surface area contributed by atoms with E-state index in [-0.39, 0.29) is 18.0 Å². The van der Waals surface area contributed by atoms with Crippen molar-refractivity contribution in [2.24, 2.45) is 11.7 Å². The molecule has 0 bridgehead atoms. The summed E-state index contributed by atoms with van der Waals surface area (Å²) in [5, 5.41) is 9.75. The summed E-state index contributed by atoms with van der Waals surface area (Å²) in [5.74, 6) is 5.82. The average Bonchev–Trinajstić information content (AvgIpc) is 3.16. The number of aliphatic hydroxyl groups excluding tert-OH is 1. The molecular weight excluding hydrogens is 318 g/mol. The van der Waals surface area contributed by atoms with E-state index in [0.29, 0.717) is 35.3 Å². The van der Waals surface area contributed by atoms with Gasteiger partial charge in [-0.3, -0.25) is 4.79 Å². The van der Waals surface area contributed by atoms with Gasteiger partial charge in [-0.2, -0.15) is 0 Å². The molecule has 0 aliphatic rings. The molecule has 3 rings (SSSR count). The van der Waals surface area contributed by atoms with Gasteiger partial charge in [0.05, 0.1) is 12.0 Å². The predicted molar refractivity (Wildman–Crippen MR) is 94.9 cm³/mol. The van der Waals surface area contributed by atoms with Crippen LogP contribution in [0.25, 0.3) is 11.0 Å². The molecule has 0 saturated carbocycles. The van der Waals surface area contributed by atoms with Crippen molar-refractivity contribution >= 4 is 11.0 Å². The second-order valence-electron chi connectivity index (χ2n) is 5.68. The molecule has 7 nitrogen and oxygen atoms in total. The number of hydrogen-bond acceptors (Lipinski definition) is 5. The Bertz CT molecular complexity index is 996. The van der Waals surface area contributed by atoms with Gasteiger partial charge in [0, 0.05) is 30.1 Å². The molecular formula is C18H19N5O2. The van der Waals surface area contributed by atoms with Crippen molar-refractivity contribution in [3.05, 3.63) is 58.5 Å². The van der Waals surface area contributed by atoms with Crippen molar-refractivity contribution < 1.29 is 5.11 Å². The normalized spacial score (nSPS) is 12.0. The Morgan fingerprint density at radius 3 is 2.92 bits per heavy atom. The molecule has 7 heteroatoms. The Labute approximate surface area is 144 Å². The highest BCUT2D eigenvalue weighted by atomic mass is 16.3. The molecule has 25 heavy (non-hydrogen) atoms. The Kier molecular flexibility index (Phi) is 4.93. The molecule has 1 unspecified atom stereocenters. The highest BCUT2D eigenvalue weighted by Gasteiger charge is 2.17. The fourth-order valence-corrected chi connectivity index (χ4v) is 2.58. The monoisotopic (exact) mass is 337 g/mol. The van der Waals surface area contributed by atoms with Gasteiger partial charge in [-0.25, -0.2) is 19.3 Å². The van der Waals surface area contributed by atoms with Crippen molar-refractivity contribution in [2.75, 3.05) is 13.2 Å². The van der Waals surface area contributed by atoms with Crippen molar-refractivity contribution in [2.45, 2.75) is 13.3 Å². The zero-order valence-corrected chi connectivity index (χ0v) is 13.9. The summed E-state index contributed by atoms with van der Waals surface area (Å²) in [7, 11) is 0. The van der Waals surface area contributed by atoms with Gasteiger partial charge in [-0.05, 0) is 37.9 Å². The van der Waals surface area contributed by atoms with Crippen molar-refractivity contribution in [1.82, 2.24) is 19.3 Å². The molecule has 3 heterocycles. The molecule has 3 N–H and O–H groups in total. The number of imidazole rings is 1. The molecule has 0 aliphatic heterocycles. The van der Waals surface area contributed by atoms with Crippen LogP contribution in [0.5, 0.6) is 0 Å². The van der Waals surface area contributed by atoms with E-state index >= 15 is 0 Å². The number of fused-ring (bicyclic) bond motifs is 1. The SMILES string of the molecule is CC(C#Cc1c(CCN)c(=O)c2cccnc2n1-n1ccnc1)CO. The van der Waals surface area contributed by atoms with Crippen LogP contribution in [0.4, 0.5) is 0 Å². The molecule has 0 aromatic carbocycles. The number of aromatic nitrogens is 4. The number of hydrogen-bond donors (Lipinski definition) is 2. The molecule has 1 atom stereocenters. The maximum atomic E-state index is 12.9. The van der Waals surface area contributed by atoms with Gasteiger partial charge in [-0.15, -0.1) is 0 Å². The summed E-state index contributed by atoms with van der Waals surface area (Å²) in [6, 6.07) is 3.47. The van der Waals surface area contributed by atoms with Gasteiger partial charge in [0.25, 0.3) is 0 Å². The van der Waals surface area contributed by atoms with Crippen LogP contribution in [-0.4, -0.2) is 37.6 Å². The zero-order valence-electron chi connectivity index (χ0n) is 13.9. The van der Waals surface area contributed by atoms with Crippen LogP contribution in [0.15, 0.2) is 41.8 Å². The van der Waals surface area contributed by atoms with E-state index < -0.39 is 0 Å². The fourth-order valence-electron chi connectivity index (χ4n) is 2.58. The molecule has 0 radical (unpaired) electrons. The first kappa shape index (κ1) is 16.9. The minimum absolute atomic E-state index is 0.0552. The highest BCUT2D eigenvalue weighted by Crippen LogP contribution is 2.15. The minimum atomic E-state index is -0.212. The molecule has 0 saturated heterocycles.